The molecule has 1 saturated heterocycles. The number of amides is 2. The highest BCUT2D eigenvalue weighted by Gasteiger charge is 2.32. The van der Waals surface area contributed by atoms with E-state index in [1.165, 1.54) is 0 Å². The van der Waals surface area contributed by atoms with Crippen molar-refractivity contribution in [3.63, 3.8) is 0 Å². The number of likely N-dealkylation sites (tertiary alicyclic amines) is 1. The average molecular weight is 426 g/mol. The number of aromatic nitrogens is 2. The molecule has 3 aromatic carbocycles. The molecular weight excluding hydrogens is 404 g/mol. The van der Waals surface area contributed by atoms with Crippen molar-refractivity contribution in [1.29, 1.82) is 0 Å². The Morgan fingerprint density at radius 2 is 1.69 bits per heavy atom. The Kier molecular flexibility index (Phi) is 5.53. The van der Waals surface area contributed by atoms with E-state index in [0.29, 0.717) is 37.1 Å². The number of carbonyl (C=O) groups is 1. The molecule has 0 unspecified atom stereocenters. The van der Waals surface area contributed by atoms with Crippen LogP contribution in [0.5, 0.6) is 5.75 Å². The summed E-state index contributed by atoms with van der Waals surface area (Å²) < 4.78 is 11.5. The quantitative estimate of drug-likeness (QED) is 0.495. The summed E-state index contributed by atoms with van der Waals surface area (Å²) in [6, 6.07) is 27.0. The molecule has 160 valence electrons. The lowest BCUT2D eigenvalue weighted by atomic mass is 10.1. The van der Waals surface area contributed by atoms with E-state index in [1.54, 1.807) is 4.90 Å². The van der Waals surface area contributed by atoms with Gasteiger partial charge in [0.15, 0.2) is 0 Å². The van der Waals surface area contributed by atoms with Gasteiger partial charge in [0, 0.05) is 17.7 Å². The molecule has 0 bridgehead atoms. The van der Waals surface area contributed by atoms with E-state index in [9.17, 15) is 4.79 Å². The van der Waals surface area contributed by atoms with Crippen molar-refractivity contribution in [3.8, 4) is 28.6 Å². The van der Waals surface area contributed by atoms with Gasteiger partial charge in [0.25, 0.3) is 5.89 Å². The third-order valence-electron chi connectivity index (χ3n) is 5.26. The van der Waals surface area contributed by atoms with Crippen LogP contribution in [-0.2, 0) is 6.54 Å². The van der Waals surface area contributed by atoms with E-state index in [-0.39, 0.29) is 12.1 Å². The topological polar surface area (TPSA) is 80.5 Å². The Morgan fingerprint density at radius 3 is 2.47 bits per heavy atom. The molecular formula is C25H22N4O3. The second-order valence-electron chi connectivity index (χ2n) is 7.61. The minimum atomic E-state index is -0.0817. The SMILES string of the molecule is O=C(NCc1ccccc1)N1CC(Oc2cccc(-c3nc(-c4ccccc4)no3)c2)C1. The van der Waals surface area contributed by atoms with Crippen LogP contribution in [-0.4, -0.2) is 40.3 Å². The molecule has 7 heteroatoms. The molecule has 32 heavy (non-hydrogen) atoms. The Bertz CT molecular complexity index is 1190. The summed E-state index contributed by atoms with van der Waals surface area (Å²) in [7, 11) is 0. The summed E-state index contributed by atoms with van der Waals surface area (Å²) in [6.07, 6.45) is -0.0460. The van der Waals surface area contributed by atoms with Crippen molar-refractivity contribution in [2.75, 3.05) is 13.1 Å². The average Bonchev–Trinajstić information content (AvgIpc) is 3.32. The third kappa shape index (κ3) is 4.46. The Balaban J connectivity index is 1.15. The fourth-order valence-corrected chi connectivity index (χ4v) is 3.50. The summed E-state index contributed by atoms with van der Waals surface area (Å²) in [5, 5.41) is 7.01. The molecule has 4 aromatic rings. The largest absolute Gasteiger partial charge is 0.487 e. The van der Waals surface area contributed by atoms with E-state index >= 15 is 0 Å². The van der Waals surface area contributed by atoms with Crippen LogP contribution < -0.4 is 10.1 Å². The lowest BCUT2D eigenvalue weighted by Gasteiger charge is -2.38. The third-order valence-corrected chi connectivity index (χ3v) is 5.26. The maximum Gasteiger partial charge on any atom is 0.317 e. The lowest BCUT2D eigenvalue weighted by molar-refractivity contribution is 0.0443. The van der Waals surface area contributed by atoms with Crippen molar-refractivity contribution in [2.45, 2.75) is 12.6 Å². The first-order valence-electron chi connectivity index (χ1n) is 10.5. The number of nitrogens with zero attached hydrogens (tertiary/aromatic N) is 3. The highest BCUT2D eigenvalue weighted by atomic mass is 16.5. The van der Waals surface area contributed by atoms with Gasteiger partial charge in [-0.25, -0.2) is 4.79 Å². The summed E-state index contributed by atoms with van der Waals surface area (Å²) in [4.78, 5) is 18.5. The second-order valence-corrected chi connectivity index (χ2v) is 7.61. The summed E-state index contributed by atoms with van der Waals surface area (Å²) in [5.74, 6) is 1.68. The summed E-state index contributed by atoms with van der Waals surface area (Å²) >= 11 is 0. The molecule has 1 aliphatic rings. The van der Waals surface area contributed by atoms with Gasteiger partial charge >= 0.3 is 6.03 Å². The first-order chi connectivity index (χ1) is 15.7. The van der Waals surface area contributed by atoms with E-state index in [2.05, 4.69) is 15.5 Å². The molecule has 0 atom stereocenters. The first-order valence-corrected chi connectivity index (χ1v) is 10.5. The predicted octanol–water partition coefficient (Wildman–Crippen LogP) is 4.38. The molecule has 1 aromatic heterocycles. The molecule has 1 N–H and O–H groups in total. The van der Waals surface area contributed by atoms with Crippen LogP contribution in [0.1, 0.15) is 5.56 Å². The highest BCUT2D eigenvalue weighted by Crippen LogP contribution is 2.26. The number of urea groups is 1. The summed E-state index contributed by atoms with van der Waals surface area (Å²) in [6.45, 7) is 1.60. The molecule has 0 saturated carbocycles. The van der Waals surface area contributed by atoms with Crippen LogP contribution in [0.4, 0.5) is 4.79 Å². The van der Waals surface area contributed by atoms with Crippen LogP contribution in [0.2, 0.25) is 0 Å². The van der Waals surface area contributed by atoms with Crippen molar-refractivity contribution in [1.82, 2.24) is 20.4 Å². The van der Waals surface area contributed by atoms with Crippen molar-refractivity contribution in [3.05, 3.63) is 90.5 Å². The monoisotopic (exact) mass is 426 g/mol. The standard InChI is InChI=1S/C25H22N4O3/c30-25(26-15-18-8-3-1-4-9-18)29-16-22(17-29)31-21-13-7-12-20(14-21)24-27-23(28-32-24)19-10-5-2-6-11-19/h1-14,22H,15-17H2,(H,26,30). The van der Waals surface area contributed by atoms with E-state index in [4.69, 9.17) is 9.26 Å². The molecule has 7 nitrogen and oxygen atoms in total. The maximum atomic E-state index is 12.3. The molecule has 0 aliphatic carbocycles. The molecule has 2 amide bonds. The molecule has 2 heterocycles. The van der Waals surface area contributed by atoms with Gasteiger partial charge < -0.3 is 19.5 Å². The fourth-order valence-electron chi connectivity index (χ4n) is 3.50. The van der Waals surface area contributed by atoms with Gasteiger partial charge in [0.1, 0.15) is 11.9 Å². The van der Waals surface area contributed by atoms with E-state index in [0.717, 1.165) is 16.7 Å². The number of hydrogen-bond acceptors (Lipinski definition) is 5. The van der Waals surface area contributed by atoms with E-state index < -0.39 is 0 Å². The second kappa shape index (κ2) is 8.93. The van der Waals surface area contributed by atoms with Gasteiger partial charge in [0.2, 0.25) is 5.82 Å². The number of hydrogen-bond donors (Lipinski definition) is 1. The minimum Gasteiger partial charge on any atom is -0.487 e. The van der Waals surface area contributed by atoms with Gasteiger partial charge in [-0.05, 0) is 23.8 Å². The van der Waals surface area contributed by atoms with Gasteiger partial charge in [-0.2, -0.15) is 4.98 Å². The number of benzene rings is 3. The lowest BCUT2D eigenvalue weighted by Crippen LogP contribution is -2.58. The van der Waals surface area contributed by atoms with Gasteiger partial charge in [0.05, 0.1) is 13.1 Å². The number of ether oxygens (including phenoxy) is 1. The molecule has 1 aliphatic heterocycles. The zero-order valence-corrected chi connectivity index (χ0v) is 17.3. The maximum absolute atomic E-state index is 12.3. The Labute approximate surface area is 185 Å². The Hall–Kier alpha value is -4.13. The molecule has 1 fully saturated rings. The minimum absolute atomic E-state index is 0.0460. The predicted molar refractivity (Wildman–Crippen MR) is 120 cm³/mol. The number of rotatable bonds is 6. The van der Waals surface area contributed by atoms with Crippen LogP contribution in [0.25, 0.3) is 22.8 Å². The van der Waals surface area contributed by atoms with Crippen LogP contribution in [0.3, 0.4) is 0 Å². The van der Waals surface area contributed by atoms with Crippen molar-refractivity contribution in [2.24, 2.45) is 0 Å². The van der Waals surface area contributed by atoms with Crippen LogP contribution in [0, 0.1) is 0 Å². The van der Waals surface area contributed by atoms with Crippen LogP contribution >= 0.6 is 0 Å². The zero-order valence-electron chi connectivity index (χ0n) is 17.3. The normalized spacial score (nSPS) is 13.4. The highest BCUT2D eigenvalue weighted by molar-refractivity contribution is 5.75. The zero-order chi connectivity index (χ0) is 21.8. The van der Waals surface area contributed by atoms with Crippen molar-refractivity contribution < 1.29 is 14.1 Å². The number of nitrogens with one attached hydrogen (secondary N) is 1. The van der Waals surface area contributed by atoms with Crippen LogP contribution in [0.15, 0.2) is 89.5 Å². The van der Waals surface area contributed by atoms with Gasteiger partial charge in [-0.1, -0.05) is 71.9 Å². The van der Waals surface area contributed by atoms with Gasteiger partial charge in [-0.15, -0.1) is 0 Å². The first kappa shape index (κ1) is 19.8. The number of carbonyl (C=O) groups excluding carboxylic acids is 1. The van der Waals surface area contributed by atoms with Gasteiger partial charge in [-0.3, -0.25) is 0 Å². The smallest absolute Gasteiger partial charge is 0.317 e. The van der Waals surface area contributed by atoms with Crippen molar-refractivity contribution >= 4 is 6.03 Å². The molecule has 0 spiro atoms. The summed E-state index contributed by atoms with van der Waals surface area (Å²) in [5.41, 5.74) is 2.76. The molecule has 5 rings (SSSR count). The molecule has 0 radical (unpaired) electrons. The fraction of sp³-hybridized carbons (Fsp3) is 0.160. The Morgan fingerprint density at radius 1 is 0.969 bits per heavy atom. The van der Waals surface area contributed by atoms with E-state index in [1.807, 2.05) is 84.9 Å².